The predicted molar refractivity (Wildman–Crippen MR) is 57.5 cm³/mol. The Balaban J connectivity index is 2.40. The third-order valence-electron chi connectivity index (χ3n) is 2.24. The minimum absolute atomic E-state index is 0.672. The lowest BCUT2D eigenvalue weighted by molar-refractivity contribution is 1.00. The van der Waals surface area contributed by atoms with Crippen LogP contribution < -0.4 is 4.90 Å². The summed E-state index contributed by atoms with van der Waals surface area (Å²) in [4.78, 5) is 2.12. The maximum absolute atomic E-state index is 8.93. The van der Waals surface area contributed by atoms with Gasteiger partial charge < -0.3 is 4.90 Å². The molecule has 1 aliphatic rings. The first kappa shape index (κ1) is 9.11. The minimum Gasteiger partial charge on any atom is -0.363 e. The Morgan fingerprint density at radius 2 is 2.00 bits per heavy atom. The number of rotatable bonds is 1. The van der Waals surface area contributed by atoms with E-state index in [0.29, 0.717) is 10.6 Å². The Hall–Kier alpha value is -1.46. The summed E-state index contributed by atoms with van der Waals surface area (Å²) < 4.78 is 0. The summed E-state index contributed by atoms with van der Waals surface area (Å²) in [6, 6.07) is 7.52. The molecule has 0 unspecified atom stereocenters. The van der Waals surface area contributed by atoms with E-state index >= 15 is 0 Å². The zero-order valence-electron chi connectivity index (χ0n) is 7.57. The lowest BCUT2D eigenvalue weighted by atomic mass is 10.2. The summed E-state index contributed by atoms with van der Waals surface area (Å²) in [6.07, 6.45) is 4.17. The van der Waals surface area contributed by atoms with Crippen LogP contribution in [-0.4, -0.2) is 13.1 Å². The molecule has 0 fully saturated rings. The Morgan fingerprint density at radius 3 is 2.64 bits per heavy atom. The molecule has 0 atom stereocenters. The first-order valence-electron chi connectivity index (χ1n) is 4.41. The lowest BCUT2D eigenvalue weighted by Gasteiger charge is -2.19. The van der Waals surface area contributed by atoms with E-state index in [1.165, 1.54) is 0 Å². The fraction of sp³-hybridized carbons (Fsp3) is 0.182. The molecule has 1 heterocycles. The van der Waals surface area contributed by atoms with Gasteiger partial charge in [0.2, 0.25) is 0 Å². The highest BCUT2D eigenvalue weighted by Gasteiger charge is 2.12. The summed E-state index contributed by atoms with van der Waals surface area (Å²) in [5.74, 6) is 0. The Labute approximate surface area is 88.0 Å². The molecule has 2 nitrogen and oxygen atoms in total. The van der Waals surface area contributed by atoms with Crippen LogP contribution >= 0.6 is 11.6 Å². The normalized spacial score (nSPS) is 14.4. The fourth-order valence-corrected chi connectivity index (χ4v) is 1.70. The monoisotopic (exact) mass is 204 g/mol. The molecule has 0 N–H and O–H groups in total. The van der Waals surface area contributed by atoms with Gasteiger partial charge in [-0.15, -0.1) is 0 Å². The van der Waals surface area contributed by atoms with E-state index in [2.05, 4.69) is 23.1 Å². The van der Waals surface area contributed by atoms with Crippen LogP contribution in [0.1, 0.15) is 5.56 Å². The van der Waals surface area contributed by atoms with Gasteiger partial charge in [0.15, 0.2) is 0 Å². The zero-order valence-corrected chi connectivity index (χ0v) is 8.33. The number of hydrogen-bond acceptors (Lipinski definition) is 2. The second-order valence-electron chi connectivity index (χ2n) is 3.15. The summed E-state index contributed by atoms with van der Waals surface area (Å²) in [5, 5.41) is 9.60. The van der Waals surface area contributed by atoms with E-state index in [1.54, 1.807) is 12.1 Å². The van der Waals surface area contributed by atoms with E-state index in [4.69, 9.17) is 16.9 Å². The van der Waals surface area contributed by atoms with Crippen molar-refractivity contribution in [3.05, 3.63) is 40.9 Å². The van der Waals surface area contributed by atoms with Crippen LogP contribution in [-0.2, 0) is 0 Å². The van der Waals surface area contributed by atoms with E-state index in [-0.39, 0.29) is 0 Å². The van der Waals surface area contributed by atoms with Crippen molar-refractivity contribution in [2.45, 2.75) is 0 Å². The predicted octanol–water partition coefficient (Wildman–Crippen LogP) is 2.59. The molecule has 1 aromatic carbocycles. The number of benzene rings is 1. The summed E-state index contributed by atoms with van der Waals surface area (Å²) in [7, 11) is 0. The Bertz CT molecular complexity index is 410. The smallest absolute Gasteiger partial charge is 0.101 e. The number of hydrogen-bond donors (Lipinski definition) is 0. The van der Waals surface area contributed by atoms with Crippen LogP contribution in [0.3, 0.4) is 0 Å². The standard InChI is InChI=1S/C11H9ClN2/c12-10-4-3-9(8-13)11(7-10)14-5-1-2-6-14/h1-4,7H,5-6H2. The molecule has 0 spiro atoms. The van der Waals surface area contributed by atoms with Crippen molar-refractivity contribution in [2.75, 3.05) is 18.0 Å². The molecule has 70 valence electrons. The third kappa shape index (κ3) is 1.59. The SMILES string of the molecule is N#Cc1ccc(Cl)cc1N1CC=CC1. The largest absolute Gasteiger partial charge is 0.363 e. The van der Waals surface area contributed by atoms with Crippen LogP contribution in [0.5, 0.6) is 0 Å². The molecule has 3 heteroatoms. The van der Waals surface area contributed by atoms with Gasteiger partial charge in [-0.1, -0.05) is 23.8 Å². The zero-order chi connectivity index (χ0) is 9.97. The van der Waals surface area contributed by atoms with Gasteiger partial charge >= 0.3 is 0 Å². The number of nitrogens with zero attached hydrogens (tertiary/aromatic N) is 2. The van der Waals surface area contributed by atoms with Gasteiger partial charge in [-0.05, 0) is 18.2 Å². The number of anilines is 1. The molecule has 1 aliphatic heterocycles. The highest BCUT2D eigenvalue weighted by molar-refractivity contribution is 6.30. The van der Waals surface area contributed by atoms with Crippen LogP contribution in [0.25, 0.3) is 0 Å². The van der Waals surface area contributed by atoms with Crippen molar-refractivity contribution in [3.8, 4) is 6.07 Å². The van der Waals surface area contributed by atoms with Gasteiger partial charge in [-0.3, -0.25) is 0 Å². The van der Waals surface area contributed by atoms with Crippen molar-refractivity contribution < 1.29 is 0 Å². The first-order chi connectivity index (χ1) is 6.81. The van der Waals surface area contributed by atoms with Crippen molar-refractivity contribution in [1.82, 2.24) is 0 Å². The van der Waals surface area contributed by atoms with Crippen molar-refractivity contribution in [1.29, 1.82) is 5.26 Å². The van der Waals surface area contributed by atoms with E-state index < -0.39 is 0 Å². The third-order valence-corrected chi connectivity index (χ3v) is 2.47. The molecule has 0 aliphatic carbocycles. The van der Waals surface area contributed by atoms with Gasteiger partial charge in [0.05, 0.1) is 11.3 Å². The summed E-state index contributed by atoms with van der Waals surface area (Å²) in [5.41, 5.74) is 1.60. The molecule has 0 bridgehead atoms. The van der Waals surface area contributed by atoms with Gasteiger partial charge in [0.1, 0.15) is 6.07 Å². The first-order valence-corrected chi connectivity index (χ1v) is 4.78. The van der Waals surface area contributed by atoms with E-state index in [9.17, 15) is 0 Å². The fourth-order valence-electron chi connectivity index (χ4n) is 1.54. The molecule has 0 aromatic heterocycles. The maximum atomic E-state index is 8.93. The minimum atomic E-state index is 0.672. The summed E-state index contributed by atoms with van der Waals surface area (Å²) >= 11 is 5.90. The second-order valence-corrected chi connectivity index (χ2v) is 3.59. The molecular weight excluding hydrogens is 196 g/mol. The highest BCUT2D eigenvalue weighted by atomic mass is 35.5. The molecule has 0 amide bonds. The van der Waals surface area contributed by atoms with E-state index in [0.717, 1.165) is 18.8 Å². The quantitative estimate of drug-likeness (QED) is 0.658. The van der Waals surface area contributed by atoms with Gasteiger partial charge in [-0.25, -0.2) is 0 Å². The van der Waals surface area contributed by atoms with Crippen LogP contribution in [0.15, 0.2) is 30.4 Å². The second kappa shape index (κ2) is 3.73. The topological polar surface area (TPSA) is 27.0 Å². The van der Waals surface area contributed by atoms with Crippen LogP contribution in [0.2, 0.25) is 5.02 Å². The molecule has 0 saturated carbocycles. The van der Waals surface area contributed by atoms with Crippen molar-refractivity contribution in [2.24, 2.45) is 0 Å². The van der Waals surface area contributed by atoms with Crippen molar-refractivity contribution in [3.63, 3.8) is 0 Å². The average molecular weight is 205 g/mol. The summed E-state index contributed by atoms with van der Waals surface area (Å²) in [6.45, 7) is 1.71. The maximum Gasteiger partial charge on any atom is 0.101 e. The molecule has 0 saturated heterocycles. The van der Waals surface area contributed by atoms with Crippen LogP contribution in [0, 0.1) is 11.3 Å². The molecule has 14 heavy (non-hydrogen) atoms. The molecule has 0 radical (unpaired) electrons. The number of nitriles is 1. The molecule has 1 aromatic rings. The van der Waals surface area contributed by atoms with Crippen molar-refractivity contribution >= 4 is 17.3 Å². The highest BCUT2D eigenvalue weighted by Crippen LogP contribution is 2.25. The Morgan fingerprint density at radius 1 is 1.29 bits per heavy atom. The molecule has 2 rings (SSSR count). The van der Waals surface area contributed by atoms with E-state index in [1.807, 2.05) is 6.07 Å². The number of halogens is 1. The lowest BCUT2D eigenvalue weighted by Crippen LogP contribution is -2.19. The van der Waals surface area contributed by atoms with Gasteiger partial charge in [-0.2, -0.15) is 5.26 Å². The Kier molecular flexibility index (Phi) is 2.43. The van der Waals surface area contributed by atoms with Gasteiger partial charge in [0.25, 0.3) is 0 Å². The molecular formula is C11H9ClN2. The average Bonchev–Trinajstić information content (AvgIpc) is 2.70. The van der Waals surface area contributed by atoms with Gasteiger partial charge in [0, 0.05) is 18.1 Å². The van der Waals surface area contributed by atoms with Crippen LogP contribution in [0.4, 0.5) is 5.69 Å².